The second-order valence-electron chi connectivity index (χ2n) is 8.87. The molecule has 0 aliphatic rings. The van der Waals surface area contributed by atoms with Crippen LogP contribution < -0.4 is 19.7 Å². The van der Waals surface area contributed by atoms with Gasteiger partial charge in [-0.25, -0.2) is 9.00 Å². The molecule has 2 unspecified atom stereocenters. The summed E-state index contributed by atoms with van der Waals surface area (Å²) in [5, 5.41) is 6.52. The van der Waals surface area contributed by atoms with E-state index in [2.05, 4.69) is 15.2 Å². The molecule has 4 rings (SSSR count). The number of anilines is 1. The van der Waals surface area contributed by atoms with E-state index >= 15 is 0 Å². The fourth-order valence-electron chi connectivity index (χ4n) is 3.97. The van der Waals surface area contributed by atoms with Gasteiger partial charge in [0.15, 0.2) is 11.0 Å². The maximum Gasteiger partial charge on any atom is 0.327 e. The highest BCUT2D eigenvalue weighted by Gasteiger charge is 2.16. The molecule has 0 fully saturated rings. The predicted octanol–water partition coefficient (Wildman–Crippen LogP) is 5.28. The fourth-order valence-corrected chi connectivity index (χ4v) is 4.90. The molecule has 0 radical (unpaired) electrons. The molecule has 0 bridgehead atoms. The molecule has 0 aliphatic carbocycles. The maximum absolute atomic E-state index is 12.6. The van der Waals surface area contributed by atoms with Crippen LogP contribution in [-0.2, 0) is 22.2 Å². The number of hydrogen-bond donors (Lipinski definition) is 2. The smallest absolute Gasteiger partial charge is 0.327 e. The van der Waals surface area contributed by atoms with Gasteiger partial charge < -0.3 is 19.5 Å². The van der Waals surface area contributed by atoms with Crippen molar-refractivity contribution in [3.05, 3.63) is 96.4 Å². The zero-order chi connectivity index (χ0) is 28.9. The lowest BCUT2D eigenvalue weighted by atomic mass is 10.0. The number of rotatable bonds is 10. The SMILES string of the molecule is CCN(C=O)c1ccc(OC)cc1.Cc1c(-c2cnoc2)cccc1S(=O)NC(=O)NC(C)Cc1ccccc1. The van der Waals surface area contributed by atoms with Crippen molar-refractivity contribution in [2.45, 2.75) is 38.1 Å². The lowest BCUT2D eigenvalue weighted by Crippen LogP contribution is -2.42. The number of nitrogens with one attached hydrogen (secondary N) is 2. The van der Waals surface area contributed by atoms with E-state index in [1.807, 2.05) is 81.4 Å². The van der Waals surface area contributed by atoms with Gasteiger partial charge in [-0.1, -0.05) is 47.6 Å². The van der Waals surface area contributed by atoms with E-state index in [1.165, 1.54) is 6.26 Å². The third-order valence-corrected chi connectivity index (χ3v) is 7.26. The Labute approximate surface area is 237 Å². The summed E-state index contributed by atoms with van der Waals surface area (Å²) in [7, 11) is -0.0555. The first kappa shape index (κ1) is 30.1. The van der Waals surface area contributed by atoms with Gasteiger partial charge in [-0.15, -0.1) is 0 Å². The standard InChI is InChI=1S/C20H21N3O3S.C10H13NO2/c1-14(11-16-7-4-3-5-8-16)22-20(24)23-27(25)19-10-6-9-18(15(19)2)17-12-21-26-13-17;1-3-11(8-12)9-4-6-10(13-2)7-5-9/h3-10,12-14H,11H2,1-2H3,(H2,22,23,24);4-8H,3H2,1-2H3. The van der Waals surface area contributed by atoms with Gasteiger partial charge in [0.1, 0.15) is 12.0 Å². The van der Waals surface area contributed by atoms with E-state index < -0.39 is 17.0 Å². The molecule has 0 spiro atoms. The summed E-state index contributed by atoms with van der Waals surface area (Å²) >= 11 is 0. The Morgan fingerprint density at radius 2 is 1.82 bits per heavy atom. The first-order valence-electron chi connectivity index (χ1n) is 12.7. The Hall–Kier alpha value is -4.44. The zero-order valence-electron chi connectivity index (χ0n) is 23.0. The van der Waals surface area contributed by atoms with Crippen LogP contribution in [0.3, 0.4) is 0 Å². The number of carbonyl (C=O) groups is 2. The molecule has 2 atom stereocenters. The molecule has 2 N–H and O–H groups in total. The van der Waals surface area contributed by atoms with Crippen molar-refractivity contribution in [2.24, 2.45) is 0 Å². The average Bonchev–Trinajstić information content (AvgIpc) is 3.50. The Morgan fingerprint density at radius 3 is 2.42 bits per heavy atom. The molecule has 10 heteroatoms. The second-order valence-corrected chi connectivity index (χ2v) is 10.0. The molecule has 0 saturated heterocycles. The highest BCUT2D eigenvalue weighted by Crippen LogP contribution is 2.26. The van der Waals surface area contributed by atoms with Gasteiger partial charge in [0.2, 0.25) is 6.41 Å². The minimum absolute atomic E-state index is 0.0890. The van der Waals surface area contributed by atoms with Crippen molar-refractivity contribution in [2.75, 3.05) is 18.6 Å². The van der Waals surface area contributed by atoms with Crippen LogP contribution in [0.4, 0.5) is 10.5 Å². The second kappa shape index (κ2) is 15.2. The summed E-state index contributed by atoms with van der Waals surface area (Å²) in [6.07, 6.45) is 4.64. The van der Waals surface area contributed by atoms with Crippen LogP contribution in [0.1, 0.15) is 25.0 Å². The van der Waals surface area contributed by atoms with Crippen LogP contribution in [0, 0.1) is 6.92 Å². The monoisotopic (exact) mass is 562 g/mol. The van der Waals surface area contributed by atoms with Crippen LogP contribution in [0.2, 0.25) is 0 Å². The average molecular weight is 563 g/mol. The van der Waals surface area contributed by atoms with Crippen molar-refractivity contribution in [1.82, 2.24) is 15.2 Å². The number of urea groups is 1. The van der Waals surface area contributed by atoms with Crippen molar-refractivity contribution in [3.63, 3.8) is 0 Å². The Bertz CT molecular complexity index is 1380. The van der Waals surface area contributed by atoms with Crippen LogP contribution in [0.15, 0.2) is 94.7 Å². The quantitative estimate of drug-likeness (QED) is 0.254. The Morgan fingerprint density at radius 1 is 1.10 bits per heavy atom. The summed E-state index contributed by atoms with van der Waals surface area (Å²) in [6, 6.07) is 22.1. The molecule has 3 aromatic carbocycles. The minimum Gasteiger partial charge on any atom is -0.497 e. The molecular formula is C30H34N4O5S. The van der Waals surface area contributed by atoms with Crippen molar-refractivity contribution in [3.8, 4) is 16.9 Å². The number of amides is 3. The molecule has 1 aromatic heterocycles. The van der Waals surface area contributed by atoms with Crippen LogP contribution >= 0.6 is 0 Å². The number of carbonyl (C=O) groups excluding carboxylic acids is 2. The summed E-state index contributed by atoms with van der Waals surface area (Å²) in [4.78, 5) is 25.0. The summed E-state index contributed by atoms with van der Waals surface area (Å²) in [5.74, 6) is 0.797. The highest BCUT2D eigenvalue weighted by molar-refractivity contribution is 7.83. The van der Waals surface area contributed by atoms with Crippen LogP contribution in [0.5, 0.6) is 5.75 Å². The first-order chi connectivity index (χ1) is 19.4. The number of nitrogens with zero attached hydrogens (tertiary/aromatic N) is 2. The van der Waals surface area contributed by atoms with Gasteiger partial charge >= 0.3 is 6.03 Å². The largest absolute Gasteiger partial charge is 0.497 e. The predicted molar refractivity (Wildman–Crippen MR) is 156 cm³/mol. The lowest BCUT2D eigenvalue weighted by molar-refractivity contribution is -0.107. The lowest BCUT2D eigenvalue weighted by Gasteiger charge is -2.15. The van der Waals surface area contributed by atoms with Gasteiger partial charge in [0, 0.05) is 23.8 Å². The van der Waals surface area contributed by atoms with Gasteiger partial charge in [-0.05, 0) is 74.2 Å². The normalized spacial score (nSPS) is 11.8. The number of ether oxygens (including phenoxy) is 1. The molecule has 3 amide bonds. The van der Waals surface area contributed by atoms with Crippen molar-refractivity contribution < 1.29 is 23.1 Å². The molecular weight excluding hydrogens is 528 g/mol. The fraction of sp³-hybridized carbons (Fsp3) is 0.233. The van der Waals surface area contributed by atoms with Crippen LogP contribution in [0.25, 0.3) is 11.1 Å². The summed E-state index contributed by atoms with van der Waals surface area (Å²) in [6.45, 7) is 6.37. The third kappa shape index (κ3) is 8.54. The Kier molecular flexibility index (Phi) is 11.5. The maximum atomic E-state index is 12.6. The van der Waals surface area contributed by atoms with Crippen molar-refractivity contribution in [1.29, 1.82) is 0 Å². The summed E-state index contributed by atoms with van der Waals surface area (Å²) < 4.78 is 25.0. The van der Waals surface area contributed by atoms with Gasteiger partial charge in [-0.2, -0.15) is 0 Å². The van der Waals surface area contributed by atoms with Gasteiger partial charge in [0.05, 0.1) is 18.2 Å². The number of aromatic nitrogens is 1. The first-order valence-corrected chi connectivity index (χ1v) is 13.9. The molecule has 4 aromatic rings. The number of benzene rings is 3. The number of hydrogen-bond acceptors (Lipinski definition) is 6. The minimum atomic E-state index is -1.67. The number of methoxy groups -OCH3 is 1. The van der Waals surface area contributed by atoms with Crippen LogP contribution in [-0.4, -0.2) is 41.5 Å². The molecule has 0 aliphatic heterocycles. The van der Waals surface area contributed by atoms with E-state index in [1.54, 1.807) is 30.3 Å². The van der Waals surface area contributed by atoms with E-state index in [0.717, 1.165) is 40.1 Å². The molecule has 0 saturated carbocycles. The van der Waals surface area contributed by atoms with E-state index in [4.69, 9.17) is 9.26 Å². The van der Waals surface area contributed by atoms with Crippen molar-refractivity contribution >= 4 is 29.1 Å². The van der Waals surface area contributed by atoms with E-state index in [9.17, 15) is 13.8 Å². The van der Waals surface area contributed by atoms with Gasteiger partial charge in [0.25, 0.3) is 0 Å². The topological polar surface area (TPSA) is 114 Å². The van der Waals surface area contributed by atoms with E-state index in [0.29, 0.717) is 17.9 Å². The molecule has 210 valence electrons. The Balaban J connectivity index is 0.000000285. The van der Waals surface area contributed by atoms with E-state index in [-0.39, 0.29) is 6.04 Å². The zero-order valence-corrected chi connectivity index (χ0v) is 23.8. The molecule has 40 heavy (non-hydrogen) atoms. The highest BCUT2D eigenvalue weighted by atomic mass is 32.2. The summed E-state index contributed by atoms with van der Waals surface area (Å²) in [5.41, 5.74) is 4.48. The molecule has 9 nitrogen and oxygen atoms in total. The van der Waals surface area contributed by atoms with Gasteiger partial charge in [-0.3, -0.25) is 9.52 Å². The molecule has 1 heterocycles. The third-order valence-electron chi connectivity index (χ3n) is 6.05.